The van der Waals surface area contributed by atoms with Crippen LogP contribution >= 0.6 is 23.2 Å². The number of halogens is 2. The minimum Gasteiger partial charge on any atom is -0.511 e. The SMILES string of the molecule is C=C(O)[C@H](CC)Nc1cc(-c2c[nH]c(C(=O)N[C@H](CO)c3cccc(Cl)c3)c2)c(Cl)cn1. The van der Waals surface area contributed by atoms with Crippen molar-refractivity contribution >= 4 is 34.9 Å². The molecule has 2 atom stereocenters. The second-order valence-corrected chi connectivity index (χ2v) is 8.06. The molecule has 1 aromatic carbocycles. The van der Waals surface area contributed by atoms with Crippen LogP contribution in [0.5, 0.6) is 0 Å². The average Bonchev–Trinajstić information content (AvgIpc) is 3.26. The fraction of sp³-hybridized carbons (Fsp3) is 0.217. The van der Waals surface area contributed by atoms with Gasteiger partial charge in [-0.25, -0.2) is 4.98 Å². The number of nitrogens with one attached hydrogen (secondary N) is 3. The minimum absolute atomic E-state index is 0.0181. The summed E-state index contributed by atoms with van der Waals surface area (Å²) < 4.78 is 0. The van der Waals surface area contributed by atoms with Gasteiger partial charge in [-0.15, -0.1) is 0 Å². The van der Waals surface area contributed by atoms with Gasteiger partial charge in [-0.3, -0.25) is 4.79 Å². The van der Waals surface area contributed by atoms with Gasteiger partial charge in [-0.05, 0) is 36.2 Å². The number of carbonyl (C=O) groups is 1. The van der Waals surface area contributed by atoms with Gasteiger partial charge in [-0.2, -0.15) is 0 Å². The first-order valence-corrected chi connectivity index (χ1v) is 10.7. The van der Waals surface area contributed by atoms with Crippen LogP contribution in [-0.4, -0.2) is 38.7 Å². The molecule has 0 bridgehead atoms. The molecule has 32 heavy (non-hydrogen) atoms. The summed E-state index contributed by atoms with van der Waals surface area (Å²) in [6.07, 6.45) is 3.79. The Balaban J connectivity index is 1.79. The number of pyridine rings is 1. The molecule has 3 rings (SSSR count). The fourth-order valence-corrected chi connectivity index (χ4v) is 3.62. The van der Waals surface area contributed by atoms with Crippen molar-refractivity contribution in [3.63, 3.8) is 0 Å². The highest BCUT2D eigenvalue weighted by Gasteiger charge is 2.18. The third-order valence-electron chi connectivity index (χ3n) is 4.97. The van der Waals surface area contributed by atoms with Crippen LogP contribution in [0, 0.1) is 0 Å². The highest BCUT2D eigenvalue weighted by Crippen LogP contribution is 2.30. The van der Waals surface area contributed by atoms with Crippen LogP contribution in [-0.2, 0) is 0 Å². The van der Waals surface area contributed by atoms with Crippen LogP contribution in [0.2, 0.25) is 10.0 Å². The lowest BCUT2D eigenvalue weighted by Crippen LogP contribution is -2.31. The smallest absolute Gasteiger partial charge is 0.268 e. The van der Waals surface area contributed by atoms with E-state index in [2.05, 4.69) is 27.2 Å². The molecule has 0 aliphatic rings. The summed E-state index contributed by atoms with van der Waals surface area (Å²) in [5.74, 6) is 0.144. The van der Waals surface area contributed by atoms with Gasteiger partial charge in [0, 0.05) is 28.5 Å². The van der Waals surface area contributed by atoms with Gasteiger partial charge in [-0.1, -0.05) is 48.8 Å². The van der Waals surface area contributed by atoms with E-state index >= 15 is 0 Å². The number of anilines is 1. The predicted octanol–water partition coefficient (Wildman–Crippen LogP) is 5.11. The lowest BCUT2D eigenvalue weighted by Gasteiger charge is -2.17. The molecule has 5 N–H and O–H groups in total. The summed E-state index contributed by atoms with van der Waals surface area (Å²) >= 11 is 12.4. The average molecular weight is 475 g/mol. The molecule has 0 aliphatic heterocycles. The lowest BCUT2D eigenvalue weighted by atomic mass is 10.1. The summed E-state index contributed by atoms with van der Waals surface area (Å²) in [6, 6.07) is 9.40. The van der Waals surface area contributed by atoms with Crippen LogP contribution in [0.1, 0.15) is 35.4 Å². The Bertz CT molecular complexity index is 1120. The zero-order chi connectivity index (χ0) is 23.3. The van der Waals surface area contributed by atoms with E-state index in [4.69, 9.17) is 23.2 Å². The van der Waals surface area contributed by atoms with Gasteiger partial charge in [0.25, 0.3) is 5.91 Å². The summed E-state index contributed by atoms with van der Waals surface area (Å²) in [7, 11) is 0. The molecule has 0 spiro atoms. The second kappa shape index (κ2) is 10.5. The molecule has 0 aliphatic carbocycles. The number of carbonyl (C=O) groups excluding carboxylic acids is 1. The van der Waals surface area contributed by atoms with E-state index in [9.17, 15) is 15.0 Å². The topological polar surface area (TPSA) is 110 Å². The number of aliphatic hydroxyl groups is 2. The zero-order valence-electron chi connectivity index (χ0n) is 17.4. The van der Waals surface area contributed by atoms with Crippen molar-refractivity contribution in [1.82, 2.24) is 15.3 Å². The first-order valence-electron chi connectivity index (χ1n) is 9.98. The second-order valence-electron chi connectivity index (χ2n) is 7.21. The van der Waals surface area contributed by atoms with E-state index < -0.39 is 6.04 Å². The van der Waals surface area contributed by atoms with Crippen LogP contribution in [0.15, 0.2) is 61.1 Å². The maximum Gasteiger partial charge on any atom is 0.268 e. The summed E-state index contributed by atoms with van der Waals surface area (Å²) in [5.41, 5.74) is 2.35. The minimum atomic E-state index is -0.606. The molecular weight excluding hydrogens is 451 g/mol. The summed E-state index contributed by atoms with van der Waals surface area (Å²) in [5, 5.41) is 26.2. The largest absolute Gasteiger partial charge is 0.511 e. The molecular formula is C23H24Cl2N4O3. The molecule has 3 aromatic rings. The van der Waals surface area contributed by atoms with Gasteiger partial charge in [0.2, 0.25) is 0 Å². The predicted molar refractivity (Wildman–Crippen MR) is 127 cm³/mol. The first-order chi connectivity index (χ1) is 15.3. The van der Waals surface area contributed by atoms with Gasteiger partial charge in [0.05, 0.1) is 23.7 Å². The number of benzene rings is 1. The molecule has 2 aromatic heterocycles. The standard InChI is InChI=1S/C23H24Cl2N4O3/c1-3-19(13(2)31)28-22-9-17(18(25)11-27-22)15-8-20(26-10-15)23(32)29-21(12-30)14-5-4-6-16(24)7-14/h4-11,19,21,26,30-31H,2-3,12H2,1H3,(H,27,28)(H,29,32)/t19-,21+/m0/s1. The number of aromatic nitrogens is 2. The maximum absolute atomic E-state index is 12.7. The van der Waals surface area contributed by atoms with Crippen molar-refractivity contribution in [3.05, 3.63) is 82.4 Å². The molecule has 168 valence electrons. The van der Waals surface area contributed by atoms with Crippen molar-refractivity contribution in [3.8, 4) is 11.1 Å². The van der Waals surface area contributed by atoms with E-state index in [0.29, 0.717) is 44.7 Å². The number of aromatic amines is 1. The Hall–Kier alpha value is -3.00. The Morgan fingerprint density at radius 1 is 1.28 bits per heavy atom. The highest BCUT2D eigenvalue weighted by molar-refractivity contribution is 6.33. The van der Waals surface area contributed by atoms with Crippen molar-refractivity contribution in [2.75, 3.05) is 11.9 Å². The third-order valence-corrected chi connectivity index (χ3v) is 5.50. The normalized spacial score (nSPS) is 12.8. The lowest BCUT2D eigenvalue weighted by molar-refractivity contribution is 0.0911. The van der Waals surface area contributed by atoms with E-state index in [1.165, 1.54) is 6.20 Å². The van der Waals surface area contributed by atoms with Crippen LogP contribution in [0.4, 0.5) is 5.82 Å². The molecule has 9 heteroatoms. The van der Waals surface area contributed by atoms with Gasteiger partial charge in [0.15, 0.2) is 0 Å². The summed E-state index contributed by atoms with van der Waals surface area (Å²) in [6.45, 7) is 5.20. The van der Waals surface area contributed by atoms with Crippen molar-refractivity contribution < 1.29 is 15.0 Å². The van der Waals surface area contributed by atoms with Gasteiger partial charge in [0.1, 0.15) is 17.3 Å². The van der Waals surface area contributed by atoms with E-state index in [0.717, 1.165) is 0 Å². The first kappa shape index (κ1) is 23.7. The third kappa shape index (κ3) is 5.62. The van der Waals surface area contributed by atoms with Crippen molar-refractivity contribution in [1.29, 1.82) is 0 Å². The highest BCUT2D eigenvalue weighted by atomic mass is 35.5. The van der Waals surface area contributed by atoms with E-state index in [-0.39, 0.29) is 24.3 Å². The van der Waals surface area contributed by atoms with Crippen molar-refractivity contribution in [2.24, 2.45) is 0 Å². The zero-order valence-corrected chi connectivity index (χ0v) is 18.9. The maximum atomic E-state index is 12.7. The van der Waals surface area contributed by atoms with Crippen LogP contribution in [0.25, 0.3) is 11.1 Å². The molecule has 7 nitrogen and oxygen atoms in total. The quantitative estimate of drug-likeness (QED) is 0.276. The molecule has 0 unspecified atom stereocenters. The molecule has 1 amide bonds. The van der Waals surface area contributed by atoms with Gasteiger partial charge >= 0.3 is 0 Å². The Morgan fingerprint density at radius 3 is 2.72 bits per heavy atom. The van der Waals surface area contributed by atoms with Crippen LogP contribution in [0.3, 0.4) is 0 Å². The molecule has 0 saturated carbocycles. The van der Waals surface area contributed by atoms with Crippen LogP contribution < -0.4 is 10.6 Å². The Kier molecular flexibility index (Phi) is 7.80. The Labute approximate surface area is 196 Å². The van der Waals surface area contributed by atoms with E-state index in [1.54, 1.807) is 42.6 Å². The number of hydrogen-bond donors (Lipinski definition) is 5. The molecule has 0 radical (unpaired) electrons. The number of hydrogen-bond acceptors (Lipinski definition) is 5. The fourth-order valence-electron chi connectivity index (χ4n) is 3.21. The Morgan fingerprint density at radius 2 is 2.06 bits per heavy atom. The number of aliphatic hydroxyl groups excluding tert-OH is 2. The van der Waals surface area contributed by atoms with Crippen molar-refractivity contribution in [2.45, 2.75) is 25.4 Å². The van der Waals surface area contributed by atoms with E-state index in [1.807, 2.05) is 6.92 Å². The number of amides is 1. The monoisotopic (exact) mass is 474 g/mol. The van der Waals surface area contributed by atoms with Gasteiger partial charge < -0.3 is 25.8 Å². The number of rotatable bonds is 9. The number of nitrogens with zero attached hydrogens (tertiary/aromatic N) is 1. The molecule has 0 saturated heterocycles. The summed E-state index contributed by atoms with van der Waals surface area (Å²) in [4.78, 5) is 19.9. The molecule has 2 heterocycles. The number of H-pyrrole nitrogens is 1. The molecule has 0 fully saturated rings.